The SMILES string of the molecule is [O-][N+](=Nc1cc(Cl)ccc1-n1ccnc1)c1cc(Cl)ccc1-n1ccnc1. The van der Waals surface area contributed by atoms with E-state index < -0.39 is 0 Å². The van der Waals surface area contributed by atoms with Crippen LogP contribution in [0.5, 0.6) is 0 Å². The van der Waals surface area contributed by atoms with Crippen LogP contribution in [0.3, 0.4) is 0 Å². The zero-order chi connectivity index (χ0) is 18.8. The minimum atomic E-state index is 0.275. The molecule has 134 valence electrons. The fourth-order valence-electron chi connectivity index (χ4n) is 2.62. The van der Waals surface area contributed by atoms with Gasteiger partial charge >= 0.3 is 0 Å². The molecule has 0 bridgehead atoms. The van der Waals surface area contributed by atoms with Gasteiger partial charge in [-0.15, -0.1) is 0 Å². The predicted octanol–water partition coefficient (Wildman–Crippen LogP) is 5.29. The Morgan fingerprint density at radius 3 is 2.07 bits per heavy atom. The number of aromatic nitrogens is 4. The average Bonchev–Trinajstić information content (AvgIpc) is 3.36. The number of nitrogens with zero attached hydrogens (tertiary/aromatic N) is 6. The minimum absolute atomic E-state index is 0.275. The summed E-state index contributed by atoms with van der Waals surface area (Å²) in [7, 11) is 0. The molecule has 0 atom stereocenters. The topological polar surface area (TPSA) is 74.1 Å². The molecule has 0 aliphatic heterocycles. The Morgan fingerprint density at radius 2 is 1.44 bits per heavy atom. The third-order valence-electron chi connectivity index (χ3n) is 3.84. The highest BCUT2D eigenvalue weighted by Crippen LogP contribution is 2.31. The van der Waals surface area contributed by atoms with Crippen molar-refractivity contribution in [1.29, 1.82) is 0 Å². The molecule has 0 saturated heterocycles. The molecule has 2 aromatic heterocycles. The Hall–Kier alpha value is -3.16. The van der Waals surface area contributed by atoms with Crippen molar-refractivity contribution in [3.63, 3.8) is 0 Å². The molecule has 4 rings (SSSR count). The van der Waals surface area contributed by atoms with Crippen LogP contribution in [0, 0.1) is 5.21 Å². The molecule has 0 aliphatic rings. The van der Waals surface area contributed by atoms with Crippen LogP contribution in [0.15, 0.2) is 79.0 Å². The lowest BCUT2D eigenvalue weighted by atomic mass is 10.2. The van der Waals surface area contributed by atoms with Gasteiger partial charge in [0.05, 0.1) is 18.3 Å². The average molecular weight is 399 g/mol. The standard InChI is InChI=1S/C18H12Cl2N6O/c19-13-1-3-16(24-7-5-21-11-24)15(9-13)23-26(27)18-10-14(20)2-4-17(18)25-8-6-22-12-25/h1-12H. The summed E-state index contributed by atoms with van der Waals surface area (Å²) >= 11 is 12.2. The quantitative estimate of drug-likeness (QED) is 0.266. The Kier molecular flexibility index (Phi) is 4.62. The van der Waals surface area contributed by atoms with Crippen LogP contribution in [-0.2, 0) is 0 Å². The fourth-order valence-corrected chi connectivity index (χ4v) is 2.95. The number of hydrogen-bond acceptors (Lipinski definition) is 4. The second-order valence-corrected chi connectivity index (χ2v) is 6.45. The van der Waals surface area contributed by atoms with Crippen LogP contribution < -0.4 is 0 Å². The minimum Gasteiger partial charge on any atom is -0.594 e. The van der Waals surface area contributed by atoms with Gasteiger partial charge in [0.1, 0.15) is 5.69 Å². The van der Waals surface area contributed by atoms with Crippen molar-refractivity contribution in [2.45, 2.75) is 0 Å². The second kappa shape index (κ2) is 7.22. The van der Waals surface area contributed by atoms with E-state index in [4.69, 9.17) is 23.2 Å². The molecule has 0 aliphatic carbocycles. The first-order valence-electron chi connectivity index (χ1n) is 7.86. The summed E-state index contributed by atoms with van der Waals surface area (Å²) in [4.78, 5) is 8.56. The zero-order valence-corrected chi connectivity index (χ0v) is 15.3. The van der Waals surface area contributed by atoms with E-state index in [2.05, 4.69) is 15.1 Å². The van der Waals surface area contributed by atoms with Crippen molar-refractivity contribution in [1.82, 2.24) is 19.1 Å². The third-order valence-corrected chi connectivity index (χ3v) is 4.31. The molecule has 0 saturated carbocycles. The molecule has 2 aromatic carbocycles. The maximum absolute atomic E-state index is 12.9. The van der Waals surface area contributed by atoms with E-state index in [0.29, 0.717) is 32.0 Å². The van der Waals surface area contributed by atoms with E-state index in [0.717, 1.165) is 0 Å². The Bertz CT molecular complexity index is 1110. The van der Waals surface area contributed by atoms with E-state index in [1.54, 1.807) is 83.0 Å². The normalized spacial score (nSPS) is 11.7. The lowest BCUT2D eigenvalue weighted by Gasteiger charge is -2.09. The van der Waals surface area contributed by atoms with Crippen molar-refractivity contribution in [3.8, 4) is 11.4 Å². The van der Waals surface area contributed by atoms with Crippen molar-refractivity contribution >= 4 is 34.6 Å². The molecular weight excluding hydrogens is 387 g/mol. The summed E-state index contributed by atoms with van der Waals surface area (Å²) in [5, 5.41) is 18.0. The lowest BCUT2D eigenvalue weighted by Crippen LogP contribution is -2.00. The first-order chi connectivity index (χ1) is 13.1. The highest BCUT2D eigenvalue weighted by molar-refractivity contribution is 6.31. The van der Waals surface area contributed by atoms with Gasteiger partial charge < -0.3 is 14.3 Å². The van der Waals surface area contributed by atoms with Crippen LogP contribution in [0.4, 0.5) is 11.4 Å². The molecule has 0 spiro atoms. The zero-order valence-electron chi connectivity index (χ0n) is 13.8. The van der Waals surface area contributed by atoms with E-state index >= 15 is 0 Å². The van der Waals surface area contributed by atoms with E-state index in [-0.39, 0.29) is 5.69 Å². The van der Waals surface area contributed by atoms with Gasteiger partial charge in [0, 0.05) is 46.0 Å². The Morgan fingerprint density at radius 1 is 0.852 bits per heavy atom. The van der Waals surface area contributed by atoms with Gasteiger partial charge in [0.25, 0.3) is 5.69 Å². The number of imidazole rings is 2. The van der Waals surface area contributed by atoms with Crippen molar-refractivity contribution in [3.05, 3.63) is 89.1 Å². The van der Waals surface area contributed by atoms with Crippen LogP contribution >= 0.6 is 23.2 Å². The maximum atomic E-state index is 12.9. The fraction of sp³-hybridized carbons (Fsp3) is 0. The van der Waals surface area contributed by atoms with Crippen molar-refractivity contribution < 1.29 is 4.86 Å². The predicted molar refractivity (Wildman–Crippen MR) is 103 cm³/mol. The molecule has 7 nitrogen and oxygen atoms in total. The van der Waals surface area contributed by atoms with Crippen LogP contribution in [0.1, 0.15) is 0 Å². The first kappa shape index (κ1) is 17.3. The lowest BCUT2D eigenvalue weighted by molar-refractivity contribution is -0.435. The van der Waals surface area contributed by atoms with Gasteiger partial charge in [-0.2, -0.15) is 0 Å². The molecule has 0 unspecified atom stereocenters. The maximum Gasteiger partial charge on any atom is 0.270 e. The molecular formula is C18H12Cl2N6O. The molecule has 9 heteroatoms. The molecule has 0 fully saturated rings. The number of azo groups is 1. The van der Waals surface area contributed by atoms with E-state index in [9.17, 15) is 5.21 Å². The van der Waals surface area contributed by atoms with Gasteiger partial charge in [0.15, 0.2) is 5.69 Å². The first-order valence-corrected chi connectivity index (χ1v) is 8.62. The second-order valence-electron chi connectivity index (χ2n) is 5.58. The highest BCUT2D eigenvalue weighted by atomic mass is 35.5. The van der Waals surface area contributed by atoms with Gasteiger partial charge in [0.2, 0.25) is 0 Å². The third kappa shape index (κ3) is 3.55. The molecule has 27 heavy (non-hydrogen) atoms. The molecule has 2 heterocycles. The summed E-state index contributed by atoms with van der Waals surface area (Å²) in [5.41, 5.74) is 1.94. The molecule has 0 N–H and O–H groups in total. The Balaban J connectivity index is 1.85. The summed E-state index contributed by atoms with van der Waals surface area (Å²) in [6, 6.07) is 10.1. The number of halogens is 2. The number of benzene rings is 2. The Labute approximate surface area is 164 Å². The van der Waals surface area contributed by atoms with Crippen molar-refractivity contribution in [2.75, 3.05) is 0 Å². The summed E-state index contributed by atoms with van der Waals surface area (Å²) in [6.45, 7) is 0. The summed E-state index contributed by atoms with van der Waals surface area (Å²) < 4.78 is 3.46. The smallest absolute Gasteiger partial charge is 0.270 e. The molecule has 0 radical (unpaired) electrons. The molecule has 0 amide bonds. The highest BCUT2D eigenvalue weighted by Gasteiger charge is 2.16. The number of hydrogen-bond donors (Lipinski definition) is 0. The van der Waals surface area contributed by atoms with E-state index in [1.165, 1.54) is 0 Å². The van der Waals surface area contributed by atoms with Crippen LogP contribution in [0.25, 0.3) is 11.4 Å². The van der Waals surface area contributed by atoms with Gasteiger partial charge in [-0.05, 0) is 35.2 Å². The van der Waals surface area contributed by atoms with Gasteiger partial charge in [-0.1, -0.05) is 23.2 Å². The van der Waals surface area contributed by atoms with Crippen LogP contribution in [-0.4, -0.2) is 24.0 Å². The van der Waals surface area contributed by atoms with Gasteiger partial charge in [-0.3, -0.25) is 0 Å². The largest absolute Gasteiger partial charge is 0.594 e. The van der Waals surface area contributed by atoms with Gasteiger partial charge in [-0.25, -0.2) is 9.97 Å². The van der Waals surface area contributed by atoms with Crippen LogP contribution in [0.2, 0.25) is 10.0 Å². The molecule has 4 aromatic rings. The van der Waals surface area contributed by atoms with E-state index in [1.807, 2.05) is 0 Å². The number of rotatable bonds is 4. The monoisotopic (exact) mass is 398 g/mol. The summed E-state index contributed by atoms with van der Waals surface area (Å²) in [5.74, 6) is 0. The van der Waals surface area contributed by atoms with Crippen molar-refractivity contribution in [2.24, 2.45) is 5.11 Å². The summed E-state index contributed by atoms with van der Waals surface area (Å²) in [6.07, 6.45) is 9.97.